The third-order valence-electron chi connectivity index (χ3n) is 5.73. The van der Waals surface area contributed by atoms with Gasteiger partial charge in [0.1, 0.15) is 0 Å². The Morgan fingerprint density at radius 2 is 1.84 bits per heavy atom. The standard InChI is InChI=1S/C17H25F2N3O3/c1-20-16(25)12-7-15(24)22(8-12)13-9-21(10-13)14(23)6-11-2-4-17(18,19)5-3-11/h11-13H,2-10H2,1H3,(H,20,25). The summed E-state index contributed by atoms with van der Waals surface area (Å²) in [6.07, 6.45) is 1.08. The first-order chi connectivity index (χ1) is 11.8. The third-order valence-corrected chi connectivity index (χ3v) is 5.73. The summed E-state index contributed by atoms with van der Waals surface area (Å²) in [5.74, 6) is -3.03. The Morgan fingerprint density at radius 3 is 2.44 bits per heavy atom. The summed E-state index contributed by atoms with van der Waals surface area (Å²) in [6, 6.07) is -0.0261. The van der Waals surface area contributed by atoms with Crippen molar-refractivity contribution in [2.75, 3.05) is 26.7 Å². The first-order valence-electron chi connectivity index (χ1n) is 8.96. The van der Waals surface area contributed by atoms with Crippen LogP contribution in [-0.4, -0.2) is 66.2 Å². The Balaban J connectivity index is 1.42. The average molecular weight is 357 g/mol. The molecule has 6 nitrogen and oxygen atoms in total. The molecule has 25 heavy (non-hydrogen) atoms. The number of carbonyl (C=O) groups excluding carboxylic acids is 3. The molecule has 0 spiro atoms. The van der Waals surface area contributed by atoms with Crippen molar-refractivity contribution in [1.82, 2.24) is 15.1 Å². The van der Waals surface area contributed by atoms with Crippen LogP contribution in [0.1, 0.15) is 38.5 Å². The Morgan fingerprint density at radius 1 is 1.20 bits per heavy atom. The predicted molar refractivity (Wildman–Crippen MR) is 85.8 cm³/mol. The molecule has 3 aliphatic rings. The average Bonchev–Trinajstić information content (AvgIpc) is 2.89. The lowest BCUT2D eigenvalue weighted by Gasteiger charge is -2.44. The number of nitrogens with zero attached hydrogens (tertiary/aromatic N) is 2. The van der Waals surface area contributed by atoms with Gasteiger partial charge in [-0.2, -0.15) is 0 Å². The molecule has 140 valence electrons. The summed E-state index contributed by atoms with van der Waals surface area (Å²) in [5.41, 5.74) is 0. The van der Waals surface area contributed by atoms with Crippen molar-refractivity contribution in [2.45, 2.75) is 50.5 Å². The van der Waals surface area contributed by atoms with Gasteiger partial charge in [-0.3, -0.25) is 14.4 Å². The van der Waals surface area contributed by atoms with E-state index in [1.165, 1.54) is 0 Å². The molecule has 3 rings (SSSR count). The van der Waals surface area contributed by atoms with Crippen molar-refractivity contribution in [3.05, 3.63) is 0 Å². The van der Waals surface area contributed by atoms with E-state index in [1.54, 1.807) is 16.8 Å². The molecule has 0 aromatic carbocycles. The quantitative estimate of drug-likeness (QED) is 0.816. The summed E-state index contributed by atoms with van der Waals surface area (Å²) < 4.78 is 26.3. The molecule has 1 atom stereocenters. The highest BCUT2D eigenvalue weighted by Crippen LogP contribution is 2.38. The fraction of sp³-hybridized carbons (Fsp3) is 0.824. The zero-order chi connectivity index (χ0) is 18.2. The third kappa shape index (κ3) is 3.93. The molecule has 2 heterocycles. The predicted octanol–water partition coefficient (Wildman–Crippen LogP) is 1.01. The van der Waals surface area contributed by atoms with Crippen LogP contribution in [-0.2, 0) is 14.4 Å². The highest BCUT2D eigenvalue weighted by molar-refractivity contribution is 5.89. The molecule has 0 aromatic rings. The van der Waals surface area contributed by atoms with Gasteiger partial charge in [0.15, 0.2) is 0 Å². The van der Waals surface area contributed by atoms with Crippen LogP contribution in [0.3, 0.4) is 0 Å². The highest BCUT2D eigenvalue weighted by Gasteiger charge is 2.44. The van der Waals surface area contributed by atoms with Crippen LogP contribution in [0.5, 0.6) is 0 Å². The van der Waals surface area contributed by atoms with E-state index in [-0.39, 0.29) is 54.9 Å². The van der Waals surface area contributed by atoms with Crippen molar-refractivity contribution in [2.24, 2.45) is 11.8 Å². The van der Waals surface area contributed by atoms with Crippen LogP contribution < -0.4 is 5.32 Å². The maximum absolute atomic E-state index is 13.2. The molecule has 0 bridgehead atoms. The Hall–Kier alpha value is -1.73. The zero-order valence-corrected chi connectivity index (χ0v) is 14.5. The number of hydrogen-bond acceptors (Lipinski definition) is 3. The summed E-state index contributed by atoms with van der Waals surface area (Å²) >= 11 is 0. The van der Waals surface area contributed by atoms with E-state index >= 15 is 0 Å². The minimum atomic E-state index is -2.57. The minimum Gasteiger partial charge on any atom is -0.359 e. The molecule has 0 aromatic heterocycles. The lowest BCUT2D eigenvalue weighted by atomic mass is 9.84. The van der Waals surface area contributed by atoms with Gasteiger partial charge in [-0.25, -0.2) is 8.78 Å². The number of hydrogen-bond donors (Lipinski definition) is 1. The fourth-order valence-electron chi connectivity index (χ4n) is 4.00. The number of nitrogens with one attached hydrogen (secondary N) is 1. The molecule has 8 heteroatoms. The van der Waals surface area contributed by atoms with Gasteiger partial charge in [0.05, 0.1) is 12.0 Å². The molecule has 1 aliphatic carbocycles. The van der Waals surface area contributed by atoms with E-state index in [0.717, 1.165) is 0 Å². The van der Waals surface area contributed by atoms with Gasteiger partial charge in [-0.05, 0) is 18.8 Å². The Kier molecular flexibility index (Phi) is 4.97. The topological polar surface area (TPSA) is 69.7 Å². The molecule has 2 aliphatic heterocycles. The Labute approximate surface area is 145 Å². The summed E-state index contributed by atoms with van der Waals surface area (Å²) in [4.78, 5) is 39.4. The molecule has 1 saturated carbocycles. The van der Waals surface area contributed by atoms with Crippen LogP contribution in [0.25, 0.3) is 0 Å². The number of likely N-dealkylation sites (tertiary alicyclic amines) is 2. The van der Waals surface area contributed by atoms with Crippen LogP contribution >= 0.6 is 0 Å². The van der Waals surface area contributed by atoms with Crippen molar-refractivity contribution >= 4 is 17.7 Å². The van der Waals surface area contributed by atoms with E-state index in [4.69, 9.17) is 0 Å². The smallest absolute Gasteiger partial charge is 0.248 e. The molecule has 3 amide bonds. The summed E-state index contributed by atoms with van der Waals surface area (Å²) in [5, 5.41) is 2.57. The van der Waals surface area contributed by atoms with Crippen LogP contribution in [0, 0.1) is 11.8 Å². The van der Waals surface area contributed by atoms with Crippen LogP contribution in [0.4, 0.5) is 8.78 Å². The largest absolute Gasteiger partial charge is 0.359 e. The maximum atomic E-state index is 13.2. The van der Waals surface area contributed by atoms with E-state index in [9.17, 15) is 23.2 Å². The number of rotatable bonds is 4. The van der Waals surface area contributed by atoms with Gasteiger partial charge < -0.3 is 15.1 Å². The first-order valence-corrected chi connectivity index (χ1v) is 8.96. The summed E-state index contributed by atoms with van der Waals surface area (Å²) in [6.45, 7) is 1.37. The van der Waals surface area contributed by atoms with Gasteiger partial charge in [0, 0.05) is 52.4 Å². The Bertz CT molecular complexity index is 553. The van der Waals surface area contributed by atoms with Gasteiger partial charge in [-0.15, -0.1) is 0 Å². The highest BCUT2D eigenvalue weighted by atomic mass is 19.3. The second-order valence-corrected chi connectivity index (χ2v) is 7.52. The van der Waals surface area contributed by atoms with E-state index in [0.29, 0.717) is 38.9 Å². The van der Waals surface area contributed by atoms with Gasteiger partial charge in [0.2, 0.25) is 23.6 Å². The second kappa shape index (κ2) is 6.88. The normalized spacial score (nSPS) is 27.3. The van der Waals surface area contributed by atoms with Gasteiger partial charge in [0.25, 0.3) is 0 Å². The monoisotopic (exact) mass is 357 g/mol. The lowest BCUT2D eigenvalue weighted by molar-refractivity contribution is -0.145. The SMILES string of the molecule is CNC(=O)C1CC(=O)N(C2CN(C(=O)CC3CCC(F)(F)CC3)C2)C1. The maximum Gasteiger partial charge on any atom is 0.248 e. The van der Waals surface area contributed by atoms with Crippen molar-refractivity contribution in [1.29, 1.82) is 0 Å². The fourth-order valence-corrected chi connectivity index (χ4v) is 4.00. The van der Waals surface area contributed by atoms with Crippen molar-refractivity contribution < 1.29 is 23.2 Å². The lowest BCUT2D eigenvalue weighted by Crippen LogP contribution is -2.61. The van der Waals surface area contributed by atoms with E-state index in [1.807, 2.05) is 0 Å². The molecule has 3 fully saturated rings. The van der Waals surface area contributed by atoms with Gasteiger partial charge in [-0.1, -0.05) is 0 Å². The second-order valence-electron chi connectivity index (χ2n) is 7.52. The summed E-state index contributed by atoms with van der Waals surface area (Å²) in [7, 11) is 1.56. The first kappa shape index (κ1) is 18.1. The molecule has 1 N–H and O–H groups in total. The number of carbonyl (C=O) groups is 3. The van der Waals surface area contributed by atoms with Crippen LogP contribution in [0.15, 0.2) is 0 Å². The number of halogens is 2. The molecule has 0 radical (unpaired) electrons. The van der Waals surface area contributed by atoms with E-state index < -0.39 is 5.92 Å². The molecular weight excluding hydrogens is 332 g/mol. The molecule has 1 unspecified atom stereocenters. The van der Waals surface area contributed by atoms with Crippen molar-refractivity contribution in [3.63, 3.8) is 0 Å². The van der Waals surface area contributed by atoms with Crippen molar-refractivity contribution in [3.8, 4) is 0 Å². The van der Waals surface area contributed by atoms with E-state index in [2.05, 4.69) is 5.32 Å². The van der Waals surface area contributed by atoms with Gasteiger partial charge >= 0.3 is 0 Å². The zero-order valence-electron chi connectivity index (χ0n) is 14.5. The minimum absolute atomic E-state index is 0.0130. The van der Waals surface area contributed by atoms with Crippen LogP contribution in [0.2, 0.25) is 0 Å². The molecular formula is C17H25F2N3O3. The molecule has 2 saturated heterocycles. The number of amides is 3. The number of alkyl halides is 2.